The first kappa shape index (κ1) is 34.5. The molecule has 9 aromatic carbocycles. The van der Waals surface area contributed by atoms with E-state index in [4.69, 9.17) is 15.0 Å². The summed E-state index contributed by atoms with van der Waals surface area (Å²) in [5.74, 6) is 1.95. The fourth-order valence-corrected chi connectivity index (χ4v) is 12.1. The predicted octanol–water partition coefficient (Wildman–Crippen LogP) is 13.5. The van der Waals surface area contributed by atoms with Gasteiger partial charge >= 0.3 is 0 Å². The second-order valence-corrected chi connectivity index (χ2v) is 17.3. The molecule has 13 rings (SSSR count). The zero-order valence-electron chi connectivity index (χ0n) is 33.0. The number of rotatable bonds is 3. The zero-order chi connectivity index (χ0) is 40.1. The highest BCUT2D eigenvalue weighted by Gasteiger charge is 2.58. The lowest BCUT2D eigenvalue weighted by molar-refractivity contribution is 0.606. The standard InChI is InChI=1S/C57H35N3S/c1-2-18-37(19-3-1)53-58-54(60-55(59-53)42-24-16-20-36-17-4-5-21-39(36)42)38-33-34-52-50(35-38)57(49-31-14-15-32-51(49)61-52)47-29-12-10-27-45(47)56(46-28-11-13-30-48(46)57)43-25-8-6-22-40(43)41-23-7-9-26-44(41)56/h1-35H. The van der Waals surface area contributed by atoms with Crippen LogP contribution in [0.5, 0.6) is 0 Å². The Balaban J connectivity index is 1.12. The molecule has 2 aliphatic carbocycles. The van der Waals surface area contributed by atoms with Gasteiger partial charge in [0, 0.05) is 26.5 Å². The number of hydrogen-bond donors (Lipinski definition) is 0. The van der Waals surface area contributed by atoms with Crippen molar-refractivity contribution in [2.24, 2.45) is 0 Å². The number of aromatic nitrogens is 3. The van der Waals surface area contributed by atoms with Gasteiger partial charge in [0.15, 0.2) is 17.5 Å². The van der Waals surface area contributed by atoms with Crippen molar-refractivity contribution in [1.82, 2.24) is 15.0 Å². The summed E-state index contributed by atoms with van der Waals surface area (Å²) in [7, 11) is 0. The van der Waals surface area contributed by atoms with E-state index in [0.717, 1.165) is 27.5 Å². The van der Waals surface area contributed by atoms with E-state index in [2.05, 4.69) is 194 Å². The third-order valence-corrected chi connectivity index (χ3v) is 14.4. The van der Waals surface area contributed by atoms with Crippen LogP contribution >= 0.6 is 11.8 Å². The fourth-order valence-electron chi connectivity index (χ4n) is 10.9. The van der Waals surface area contributed by atoms with Gasteiger partial charge in [-0.15, -0.1) is 0 Å². The maximum atomic E-state index is 5.34. The van der Waals surface area contributed by atoms with Gasteiger partial charge < -0.3 is 0 Å². The SMILES string of the molecule is c1ccc(-c2nc(-c3ccc4c(c3)C3(c5ccccc5S4)c4ccccc4C4(c5ccccc5-c5ccccc54)c4ccccc43)nc(-c3cccc4ccccc34)n2)cc1. The first-order chi connectivity index (χ1) is 30.2. The average molecular weight is 794 g/mol. The summed E-state index contributed by atoms with van der Waals surface area (Å²) >= 11 is 1.85. The number of hydrogen-bond acceptors (Lipinski definition) is 4. The first-order valence-corrected chi connectivity index (χ1v) is 21.7. The van der Waals surface area contributed by atoms with Crippen LogP contribution in [0.4, 0.5) is 0 Å². The van der Waals surface area contributed by atoms with Gasteiger partial charge in [-0.05, 0) is 84.6 Å². The Morgan fingerprint density at radius 2 is 0.754 bits per heavy atom. The van der Waals surface area contributed by atoms with Crippen molar-refractivity contribution in [3.05, 3.63) is 257 Å². The number of nitrogens with zero attached hydrogens (tertiary/aromatic N) is 3. The molecule has 2 heterocycles. The third kappa shape index (κ3) is 4.68. The predicted molar refractivity (Wildman–Crippen MR) is 247 cm³/mol. The zero-order valence-corrected chi connectivity index (χ0v) is 33.8. The highest BCUT2D eigenvalue weighted by atomic mass is 32.2. The molecule has 0 saturated heterocycles. The summed E-state index contributed by atoms with van der Waals surface area (Å²) in [5, 5.41) is 2.26. The van der Waals surface area contributed by atoms with Crippen LogP contribution in [0.3, 0.4) is 0 Å². The fraction of sp³-hybridized carbons (Fsp3) is 0.0351. The molecule has 1 aliphatic heterocycles. The Bertz CT molecular complexity index is 3330. The minimum Gasteiger partial charge on any atom is -0.208 e. The van der Waals surface area contributed by atoms with Gasteiger partial charge in [0.05, 0.1) is 10.8 Å². The van der Waals surface area contributed by atoms with Crippen molar-refractivity contribution in [3.8, 4) is 45.3 Å². The van der Waals surface area contributed by atoms with Crippen molar-refractivity contribution in [2.45, 2.75) is 20.6 Å². The van der Waals surface area contributed by atoms with Crippen molar-refractivity contribution >= 4 is 22.5 Å². The van der Waals surface area contributed by atoms with Crippen LogP contribution in [0.25, 0.3) is 56.1 Å². The Labute approximate surface area is 358 Å². The summed E-state index contributed by atoms with van der Waals surface area (Å²) < 4.78 is 0. The van der Waals surface area contributed by atoms with Crippen molar-refractivity contribution in [1.29, 1.82) is 0 Å². The van der Waals surface area contributed by atoms with Crippen molar-refractivity contribution in [2.75, 3.05) is 0 Å². The molecule has 0 atom stereocenters. The lowest BCUT2D eigenvalue weighted by Gasteiger charge is -2.51. The summed E-state index contributed by atoms with van der Waals surface area (Å²) in [6.45, 7) is 0. The molecule has 4 heteroatoms. The smallest absolute Gasteiger partial charge is 0.164 e. The molecule has 3 aliphatic rings. The van der Waals surface area contributed by atoms with Crippen molar-refractivity contribution < 1.29 is 0 Å². The summed E-state index contributed by atoms with van der Waals surface area (Å²) in [6, 6.07) is 77.6. The first-order valence-electron chi connectivity index (χ1n) is 20.9. The van der Waals surface area contributed by atoms with Gasteiger partial charge in [-0.1, -0.05) is 206 Å². The van der Waals surface area contributed by atoms with Gasteiger partial charge in [0.1, 0.15) is 0 Å². The van der Waals surface area contributed by atoms with Crippen LogP contribution in [0.2, 0.25) is 0 Å². The second kappa shape index (κ2) is 13.0. The van der Waals surface area contributed by atoms with E-state index in [9.17, 15) is 0 Å². The monoisotopic (exact) mass is 793 g/mol. The van der Waals surface area contributed by atoms with Gasteiger partial charge in [-0.3, -0.25) is 0 Å². The Morgan fingerprint density at radius 1 is 0.295 bits per heavy atom. The molecular weight excluding hydrogens is 759 g/mol. The molecule has 0 radical (unpaired) electrons. The van der Waals surface area contributed by atoms with Crippen LogP contribution in [0.15, 0.2) is 222 Å². The van der Waals surface area contributed by atoms with Crippen LogP contribution in [0, 0.1) is 0 Å². The van der Waals surface area contributed by atoms with Gasteiger partial charge in [0.25, 0.3) is 0 Å². The van der Waals surface area contributed by atoms with E-state index in [1.807, 2.05) is 30.0 Å². The summed E-state index contributed by atoms with van der Waals surface area (Å²) in [4.78, 5) is 18.3. The molecule has 1 aromatic heterocycles. The normalized spacial score (nSPS) is 14.4. The number of fused-ring (bicyclic) bond motifs is 16. The molecular formula is C57H35N3S. The Hall–Kier alpha value is -7.40. The largest absolute Gasteiger partial charge is 0.208 e. The van der Waals surface area contributed by atoms with Gasteiger partial charge in [0.2, 0.25) is 0 Å². The van der Waals surface area contributed by atoms with Crippen LogP contribution in [0.1, 0.15) is 44.5 Å². The molecule has 3 nitrogen and oxygen atoms in total. The number of benzene rings is 9. The van der Waals surface area contributed by atoms with E-state index in [0.29, 0.717) is 17.5 Å². The van der Waals surface area contributed by atoms with E-state index in [1.165, 1.54) is 65.4 Å². The average Bonchev–Trinajstić information content (AvgIpc) is 3.63. The maximum Gasteiger partial charge on any atom is 0.164 e. The second-order valence-electron chi connectivity index (χ2n) is 16.2. The summed E-state index contributed by atoms with van der Waals surface area (Å²) in [5.41, 5.74) is 14.7. The maximum absolute atomic E-state index is 5.34. The molecule has 0 fully saturated rings. The van der Waals surface area contributed by atoms with E-state index < -0.39 is 10.8 Å². The molecule has 0 unspecified atom stereocenters. The highest BCUT2D eigenvalue weighted by Crippen LogP contribution is 2.67. The molecule has 284 valence electrons. The minimum absolute atomic E-state index is 0.505. The van der Waals surface area contributed by atoms with Gasteiger partial charge in [-0.2, -0.15) is 0 Å². The lowest BCUT2D eigenvalue weighted by atomic mass is 9.51. The molecule has 0 N–H and O–H groups in total. The molecule has 0 amide bonds. The minimum atomic E-state index is -0.647. The highest BCUT2D eigenvalue weighted by molar-refractivity contribution is 7.99. The van der Waals surface area contributed by atoms with E-state index in [1.54, 1.807) is 0 Å². The van der Waals surface area contributed by atoms with Crippen molar-refractivity contribution in [3.63, 3.8) is 0 Å². The van der Waals surface area contributed by atoms with Crippen LogP contribution in [-0.2, 0) is 10.8 Å². The molecule has 61 heavy (non-hydrogen) atoms. The third-order valence-electron chi connectivity index (χ3n) is 13.3. The molecule has 0 bridgehead atoms. The molecule has 0 saturated carbocycles. The Morgan fingerprint density at radius 3 is 1.43 bits per heavy atom. The molecule has 10 aromatic rings. The Kier molecular flexibility index (Phi) is 7.37. The lowest BCUT2D eigenvalue weighted by Crippen LogP contribution is -2.45. The molecule has 2 spiro atoms. The van der Waals surface area contributed by atoms with Gasteiger partial charge in [-0.25, -0.2) is 15.0 Å². The summed E-state index contributed by atoms with van der Waals surface area (Å²) in [6.07, 6.45) is 0. The van der Waals surface area contributed by atoms with Crippen LogP contribution in [-0.4, -0.2) is 15.0 Å². The van der Waals surface area contributed by atoms with E-state index in [-0.39, 0.29) is 0 Å². The topological polar surface area (TPSA) is 38.7 Å². The van der Waals surface area contributed by atoms with Crippen LogP contribution < -0.4 is 0 Å². The quantitative estimate of drug-likeness (QED) is 0.179. The van der Waals surface area contributed by atoms with E-state index >= 15 is 0 Å².